The number of hydrogen-bond acceptors (Lipinski definition) is 5. The molecule has 0 aliphatic carbocycles. The van der Waals surface area contributed by atoms with Crippen molar-refractivity contribution in [2.24, 2.45) is 0 Å². The van der Waals surface area contributed by atoms with Gasteiger partial charge < -0.3 is 16.1 Å². The maximum absolute atomic E-state index is 13.3. The molecule has 2 aliphatic rings. The third kappa shape index (κ3) is 4.22. The van der Waals surface area contributed by atoms with E-state index in [2.05, 4.69) is 17.1 Å². The zero-order chi connectivity index (χ0) is 22.3. The largest absolute Gasteiger partial charge is 0.336 e. The quantitative estimate of drug-likeness (QED) is 0.717. The average Bonchev–Trinajstić information content (AvgIpc) is 2.98. The van der Waals surface area contributed by atoms with Gasteiger partial charge in [-0.15, -0.1) is 0 Å². The average molecular weight is 428 g/mol. The number of nitrogens with one attached hydrogen (secondary N) is 1. The first kappa shape index (κ1) is 21.5. The van der Waals surface area contributed by atoms with Gasteiger partial charge in [-0.25, -0.2) is 9.07 Å². The van der Waals surface area contributed by atoms with E-state index in [1.54, 1.807) is 23.1 Å². The summed E-state index contributed by atoms with van der Waals surface area (Å²) in [6, 6.07) is 8.19. The van der Waals surface area contributed by atoms with Crippen molar-refractivity contribution in [3.8, 4) is 0 Å². The lowest BCUT2D eigenvalue weighted by Gasteiger charge is -2.32. The fraction of sp³-hybridized carbons (Fsp3) is 0.478. The molecule has 3 heterocycles. The van der Waals surface area contributed by atoms with Gasteiger partial charge in [0, 0.05) is 49.6 Å². The van der Waals surface area contributed by atoms with Crippen LogP contribution in [0.2, 0.25) is 0 Å². The molecule has 3 N–H and O–H groups in total. The Morgan fingerprint density at radius 3 is 2.68 bits per heavy atom. The van der Waals surface area contributed by atoms with Crippen molar-refractivity contribution in [2.75, 3.05) is 43.5 Å². The highest BCUT2D eigenvalue weighted by Crippen LogP contribution is 2.39. The number of rotatable bonds is 4. The molecule has 0 radical (unpaired) electrons. The Labute approximate surface area is 181 Å². The molecule has 0 bridgehead atoms. The maximum Gasteiger partial charge on any atom is 0.272 e. The number of amides is 1. The molecule has 8 heteroatoms. The van der Waals surface area contributed by atoms with Crippen LogP contribution in [0.4, 0.5) is 10.1 Å². The van der Waals surface area contributed by atoms with Crippen LogP contribution in [0.15, 0.2) is 35.1 Å². The number of piperazine rings is 1. The summed E-state index contributed by atoms with van der Waals surface area (Å²) in [5.41, 5.74) is 1.92. The summed E-state index contributed by atoms with van der Waals surface area (Å²) in [6.45, 7) is 9.41. The summed E-state index contributed by atoms with van der Waals surface area (Å²) in [6.07, 6.45) is 0.321. The summed E-state index contributed by atoms with van der Waals surface area (Å²) in [5, 5.41) is 3.39. The molecule has 7 nitrogen and oxygen atoms in total. The molecule has 2 aliphatic heterocycles. The highest BCUT2D eigenvalue weighted by Gasteiger charge is 2.41. The number of pyridine rings is 1. The molecule has 0 unspecified atom stereocenters. The molecule has 0 saturated carbocycles. The van der Waals surface area contributed by atoms with Gasteiger partial charge in [0.15, 0.2) is 0 Å². The molecule has 1 fully saturated rings. The molecular formula is C23H30FN5O2. The minimum absolute atomic E-state index is 0.00676. The normalized spacial score (nSPS) is 20.6. The van der Waals surface area contributed by atoms with E-state index in [1.807, 2.05) is 13.8 Å². The number of halogens is 1. The van der Waals surface area contributed by atoms with Crippen LogP contribution in [-0.4, -0.2) is 54.2 Å². The van der Waals surface area contributed by atoms with Crippen molar-refractivity contribution in [3.63, 3.8) is 0 Å². The third-order valence-corrected chi connectivity index (χ3v) is 6.19. The second-order valence-corrected chi connectivity index (χ2v) is 9.34. The predicted molar refractivity (Wildman–Crippen MR) is 119 cm³/mol. The van der Waals surface area contributed by atoms with E-state index >= 15 is 0 Å². The Morgan fingerprint density at radius 2 is 2.00 bits per heavy atom. The first-order chi connectivity index (χ1) is 14.7. The molecule has 4 rings (SSSR count). The SMILES string of the molecule is C[C@@H]1CN(CC(=O)N2CC(C)(C)c3c2cc(Cc2ccc(F)cc2)c(=O)n3N)CCN1. The molecule has 1 atom stereocenters. The Morgan fingerprint density at radius 1 is 1.29 bits per heavy atom. The van der Waals surface area contributed by atoms with Crippen LogP contribution in [0.5, 0.6) is 0 Å². The molecule has 0 spiro atoms. The lowest BCUT2D eigenvalue weighted by atomic mass is 9.90. The number of hydrogen-bond donors (Lipinski definition) is 2. The van der Waals surface area contributed by atoms with Crippen molar-refractivity contribution in [2.45, 2.75) is 38.6 Å². The number of nitrogens with zero attached hydrogens (tertiary/aromatic N) is 3. The first-order valence-electron chi connectivity index (χ1n) is 10.7. The number of nitrogens with two attached hydrogens (primary N) is 1. The Hall–Kier alpha value is -2.71. The molecule has 1 aromatic carbocycles. The lowest BCUT2D eigenvalue weighted by Crippen LogP contribution is -2.52. The minimum Gasteiger partial charge on any atom is -0.336 e. The Bertz CT molecular complexity index is 1050. The van der Waals surface area contributed by atoms with Crippen LogP contribution in [0.3, 0.4) is 0 Å². The van der Waals surface area contributed by atoms with Gasteiger partial charge in [-0.2, -0.15) is 0 Å². The highest BCUT2D eigenvalue weighted by molar-refractivity contribution is 5.97. The number of carbonyl (C=O) groups excluding carboxylic acids is 1. The maximum atomic E-state index is 13.3. The number of carbonyl (C=O) groups is 1. The molecule has 1 amide bonds. The molecule has 1 saturated heterocycles. The van der Waals surface area contributed by atoms with Gasteiger partial charge in [0.2, 0.25) is 5.91 Å². The fourth-order valence-corrected chi connectivity index (χ4v) is 4.71. The number of benzene rings is 1. The first-order valence-corrected chi connectivity index (χ1v) is 10.7. The Kier molecular flexibility index (Phi) is 5.61. The second-order valence-electron chi connectivity index (χ2n) is 9.34. The second kappa shape index (κ2) is 8.09. The van der Waals surface area contributed by atoms with Gasteiger partial charge in [-0.1, -0.05) is 26.0 Å². The van der Waals surface area contributed by atoms with E-state index in [0.29, 0.717) is 42.5 Å². The van der Waals surface area contributed by atoms with E-state index in [1.165, 1.54) is 16.8 Å². The minimum atomic E-state index is -0.440. The zero-order valence-corrected chi connectivity index (χ0v) is 18.3. The van der Waals surface area contributed by atoms with E-state index in [4.69, 9.17) is 5.84 Å². The summed E-state index contributed by atoms with van der Waals surface area (Å²) < 4.78 is 14.4. The summed E-state index contributed by atoms with van der Waals surface area (Å²) in [5.74, 6) is 5.92. The number of nitrogen functional groups attached to an aromatic ring is 1. The van der Waals surface area contributed by atoms with Crippen LogP contribution >= 0.6 is 0 Å². The van der Waals surface area contributed by atoms with Crippen molar-refractivity contribution in [1.29, 1.82) is 0 Å². The van der Waals surface area contributed by atoms with Crippen molar-refractivity contribution in [1.82, 2.24) is 14.9 Å². The van der Waals surface area contributed by atoms with E-state index in [9.17, 15) is 14.0 Å². The third-order valence-electron chi connectivity index (χ3n) is 6.19. The molecule has 31 heavy (non-hydrogen) atoms. The van der Waals surface area contributed by atoms with Crippen LogP contribution in [0.25, 0.3) is 0 Å². The molecule has 1 aromatic heterocycles. The highest BCUT2D eigenvalue weighted by atomic mass is 19.1. The van der Waals surface area contributed by atoms with Crippen LogP contribution in [-0.2, 0) is 16.6 Å². The van der Waals surface area contributed by atoms with E-state index in [-0.39, 0.29) is 17.3 Å². The van der Waals surface area contributed by atoms with E-state index in [0.717, 1.165) is 25.2 Å². The smallest absolute Gasteiger partial charge is 0.272 e. The number of anilines is 1. The van der Waals surface area contributed by atoms with Crippen LogP contribution in [0.1, 0.15) is 37.6 Å². The van der Waals surface area contributed by atoms with Gasteiger partial charge in [-0.05, 0) is 30.7 Å². The van der Waals surface area contributed by atoms with Gasteiger partial charge in [0.25, 0.3) is 5.56 Å². The van der Waals surface area contributed by atoms with Crippen LogP contribution < -0.4 is 21.6 Å². The fourth-order valence-electron chi connectivity index (χ4n) is 4.71. The Balaban J connectivity index is 1.66. The monoisotopic (exact) mass is 427 g/mol. The zero-order valence-electron chi connectivity index (χ0n) is 18.3. The number of fused-ring (bicyclic) bond motifs is 1. The topological polar surface area (TPSA) is 83.6 Å². The van der Waals surface area contributed by atoms with Crippen LogP contribution in [0, 0.1) is 5.82 Å². The predicted octanol–water partition coefficient (Wildman–Crippen LogP) is 1.21. The molecule has 166 valence electrons. The number of aromatic nitrogens is 1. The van der Waals surface area contributed by atoms with Crippen molar-refractivity contribution < 1.29 is 9.18 Å². The van der Waals surface area contributed by atoms with Gasteiger partial charge >= 0.3 is 0 Å². The molecule has 2 aromatic rings. The lowest BCUT2D eigenvalue weighted by molar-refractivity contribution is -0.120. The summed E-state index contributed by atoms with van der Waals surface area (Å²) in [4.78, 5) is 30.2. The summed E-state index contributed by atoms with van der Waals surface area (Å²) in [7, 11) is 0. The van der Waals surface area contributed by atoms with Crippen molar-refractivity contribution in [3.05, 3.63) is 63.3 Å². The standard InChI is InChI=1S/C23H30FN5O2/c1-15-12-27(9-8-26-15)13-20(30)28-14-23(2,3)21-19(28)11-17(22(31)29(21)25)10-16-4-6-18(24)7-5-16/h4-7,11,15,26H,8-10,12-14,25H2,1-3H3/t15-/m1/s1. The van der Waals surface area contributed by atoms with Gasteiger partial charge in [0.05, 0.1) is 17.9 Å². The summed E-state index contributed by atoms with van der Waals surface area (Å²) >= 11 is 0. The van der Waals surface area contributed by atoms with Gasteiger partial charge in [-0.3, -0.25) is 14.5 Å². The van der Waals surface area contributed by atoms with Crippen molar-refractivity contribution >= 4 is 11.6 Å². The molecular weight excluding hydrogens is 397 g/mol. The van der Waals surface area contributed by atoms with E-state index < -0.39 is 5.41 Å². The van der Waals surface area contributed by atoms with Gasteiger partial charge in [0.1, 0.15) is 5.82 Å².